The Balaban J connectivity index is 0.00000241. The SMILES string of the molecule is CC1=C(C)[C]([Ti+3])([Si](c2cc(C)cc(C)c2)(c2cccc(C)c2C)c2cccc(C)c2C)C(C)=C1C.[Cl-].[Cl-].[Cl-]. The monoisotopic (exact) mass is 616 g/mol. The van der Waals surface area contributed by atoms with E-state index in [2.05, 4.69) is 144 Å². The molecule has 4 rings (SSSR count). The van der Waals surface area contributed by atoms with E-state index >= 15 is 0 Å². The van der Waals surface area contributed by atoms with Crippen LogP contribution in [0.25, 0.3) is 0 Å². The number of aryl methyl sites for hydroxylation is 4. The van der Waals surface area contributed by atoms with Gasteiger partial charge in [-0.25, -0.2) is 0 Å². The molecule has 0 saturated carbocycles. The van der Waals surface area contributed by atoms with Crippen molar-refractivity contribution in [3.05, 3.63) is 110 Å². The molecule has 0 bridgehead atoms. The van der Waals surface area contributed by atoms with Gasteiger partial charge >= 0.3 is 227 Å². The second-order valence-corrected chi connectivity index (χ2v) is 16.7. The van der Waals surface area contributed by atoms with Crippen LogP contribution in [0.2, 0.25) is 3.34 Å². The van der Waals surface area contributed by atoms with Crippen LogP contribution in [0, 0.1) is 41.5 Å². The summed E-state index contributed by atoms with van der Waals surface area (Å²) in [7, 11) is -2.66. The zero-order valence-corrected chi connectivity index (χ0v) is 29.2. The van der Waals surface area contributed by atoms with Crippen LogP contribution in [0.5, 0.6) is 0 Å². The Morgan fingerprint density at radius 1 is 0.553 bits per heavy atom. The van der Waals surface area contributed by atoms with Gasteiger partial charge in [-0.3, -0.25) is 0 Å². The third kappa shape index (κ3) is 4.98. The van der Waals surface area contributed by atoms with Crippen molar-refractivity contribution in [1.29, 1.82) is 0 Å². The molecule has 0 aliphatic heterocycles. The van der Waals surface area contributed by atoms with Gasteiger partial charge in [0.25, 0.3) is 0 Å². The van der Waals surface area contributed by atoms with Crippen LogP contribution < -0.4 is 52.8 Å². The van der Waals surface area contributed by atoms with Crippen molar-refractivity contribution < 1.29 is 57.7 Å². The molecule has 0 spiro atoms. The fraction of sp³-hybridized carbons (Fsp3) is 0.333. The van der Waals surface area contributed by atoms with E-state index in [9.17, 15) is 0 Å². The summed E-state index contributed by atoms with van der Waals surface area (Å²) in [6.07, 6.45) is 0. The minimum atomic E-state index is -2.66. The van der Waals surface area contributed by atoms with Gasteiger partial charge in [0.1, 0.15) is 0 Å². The van der Waals surface area contributed by atoms with Gasteiger partial charge in [0.15, 0.2) is 0 Å². The van der Waals surface area contributed by atoms with E-state index < -0.39 is 8.07 Å². The molecule has 3 aromatic rings. The molecule has 1 aliphatic carbocycles. The second kappa shape index (κ2) is 12.6. The molecule has 0 saturated heterocycles. The standard InChI is InChI=1S/C33H39Si.3ClH.Ti/c1-20-17-21(2)19-30(18-20)34(31-15-11-13-22(3)24(31)5,32-16-12-14-23(4)25(32)6)33-28(9)26(7)27(8)29(33)10;;;;/h11-19H,1-10H3;3*1H;/q;;;;+3/p-3. The van der Waals surface area contributed by atoms with E-state index in [1.165, 1.54) is 49.7 Å². The molecule has 5 heteroatoms. The predicted octanol–water partition coefficient (Wildman–Crippen LogP) is -2.05. The Hall–Kier alpha value is -1.06. The molecule has 38 heavy (non-hydrogen) atoms. The molecule has 0 amide bonds. The largest absolute Gasteiger partial charge is 1.00 e. The molecule has 0 radical (unpaired) electrons. The number of benzene rings is 3. The summed E-state index contributed by atoms with van der Waals surface area (Å²) < 4.78 is -0.0709. The first kappa shape index (κ1) is 35.0. The Morgan fingerprint density at radius 3 is 1.29 bits per heavy atom. The molecular weight excluding hydrogens is 579 g/mol. The van der Waals surface area contributed by atoms with Crippen LogP contribution >= 0.6 is 0 Å². The van der Waals surface area contributed by atoms with Gasteiger partial charge in [0, 0.05) is 0 Å². The number of allylic oxidation sites excluding steroid dienone is 4. The maximum absolute atomic E-state index is 2.66. The molecule has 0 N–H and O–H groups in total. The summed E-state index contributed by atoms with van der Waals surface area (Å²) in [4.78, 5) is 0. The molecule has 0 aromatic heterocycles. The normalized spacial score (nSPS) is 14.6. The van der Waals surface area contributed by atoms with Gasteiger partial charge < -0.3 is 37.2 Å². The average molecular weight is 618 g/mol. The van der Waals surface area contributed by atoms with E-state index in [0.29, 0.717) is 0 Å². The van der Waals surface area contributed by atoms with Gasteiger partial charge in [0.05, 0.1) is 0 Å². The topological polar surface area (TPSA) is 0 Å². The molecule has 0 nitrogen and oxygen atoms in total. The zero-order chi connectivity index (χ0) is 25.9. The fourth-order valence-electron chi connectivity index (χ4n) is 6.55. The average Bonchev–Trinajstić information content (AvgIpc) is 2.95. The first-order valence-corrected chi connectivity index (χ1v) is 15.5. The van der Waals surface area contributed by atoms with Crippen LogP contribution in [0.1, 0.15) is 61.1 Å². The van der Waals surface area contributed by atoms with Gasteiger partial charge in [-0.05, 0) is 0 Å². The quantitative estimate of drug-likeness (QED) is 0.234. The van der Waals surface area contributed by atoms with Crippen molar-refractivity contribution in [3.63, 3.8) is 0 Å². The molecule has 3 aromatic carbocycles. The van der Waals surface area contributed by atoms with Crippen LogP contribution in [0.3, 0.4) is 0 Å². The Bertz CT molecular complexity index is 1320. The van der Waals surface area contributed by atoms with E-state index in [0.717, 1.165) is 0 Å². The molecule has 1 aliphatic rings. The maximum atomic E-state index is 2.57. The van der Waals surface area contributed by atoms with Gasteiger partial charge in [-0.2, -0.15) is 0 Å². The minimum Gasteiger partial charge on any atom is -1.00 e. The third-order valence-corrected chi connectivity index (χ3v) is 17.7. The van der Waals surface area contributed by atoms with Gasteiger partial charge in [-0.15, -0.1) is 0 Å². The van der Waals surface area contributed by atoms with Crippen LogP contribution in [0.4, 0.5) is 0 Å². The molecule has 0 heterocycles. The predicted molar refractivity (Wildman–Crippen MR) is 152 cm³/mol. The summed E-state index contributed by atoms with van der Waals surface area (Å²) in [6, 6.07) is 21.4. The fourth-order valence-corrected chi connectivity index (χ4v) is 15.8. The Morgan fingerprint density at radius 2 is 0.921 bits per heavy atom. The number of hydrogen-bond acceptors (Lipinski definition) is 0. The first-order chi connectivity index (χ1) is 16.4. The summed E-state index contributed by atoms with van der Waals surface area (Å²) in [5.41, 5.74) is 14.4. The minimum absolute atomic E-state index is 0. The first-order valence-electron chi connectivity index (χ1n) is 12.7. The molecule has 0 atom stereocenters. The van der Waals surface area contributed by atoms with E-state index in [1.807, 2.05) is 0 Å². The van der Waals surface area contributed by atoms with Crippen molar-refractivity contribution in [3.8, 4) is 0 Å². The second-order valence-electron chi connectivity index (χ2n) is 10.9. The Kier molecular flexibility index (Phi) is 11.6. The zero-order valence-electron chi connectivity index (χ0n) is 24.3. The van der Waals surface area contributed by atoms with Crippen molar-refractivity contribution >= 4 is 23.6 Å². The summed E-state index contributed by atoms with van der Waals surface area (Å²) >= 11 is 2.57. The summed E-state index contributed by atoms with van der Waals surface area (Å²) in [5.74, 6) is 0. The van der Waals surface area contributed by atoms with Crippen molar-refractivity contribution in [2.45, 2.75) is 72.6 Å². The van der Waals surface area contributed by atoms with E-state index in [4.69, 9.17) is 0 Å². The number of rotatable bonds is 4. The number of hydrogen-bond donors (Lipinski definition) is 0. The van der Waals surface area contributed by atoms with Gasteiger partial charge in [0.2, 0.25) is 0 Å². The molecule has 200 valence electrons. The number of halogens is 3. The van der Waals surface area contributed by atoms with Crippen LogP contribution in [-0.2, 0) is 20.4 Å². The van der Waals surface area contributed by atoms with Crippen molar-refractivity contribution in [2.75, 3.05) is 0 Å². The maximum Gasteiger partial charge on any atom is -1.00 e. The van der Waals surface area contributed by atoms with E-state index in [-0.39, 0.29) is 40.6 Å². The van der Waals surface area contributed by atoms with Crippen LogP contribution in [-0.4, -0.2) is 8.07 Å². The molecule has 0 unspecified atom stereocenters. The molecule has 0 fully saturated rings. The van der Waals surface area contributed by atoms with Crippen molar-refractivity contribution in [1.82, 2.24) is 0 Å². The summed E-state index contributed by atoms with van der Waals surface area (Å²) in [6.45, 7) is 23.3. The van der Waals surface area contributed by atoms with Gasteiger partial charge in [-0.1, -0.05) is 0 Å². The molecular formula is C33H39Cl3SiTi. The smallest absolute Gasteiger partial charge is 1.00 e. The third-order valence-electron chi connectivity index (χ3n) is 9.05. The Labute approximate surface area is 262 Å². The van der Waals surface area contributed by atoms with Crippen LogP contribution in [0.15, 0.2) is 76.9 Å². The van der Waals surface area contributed by atoms with Crippen molar-refractivity contribution in [2.24, 2.45) is 0 Å². The van der Waals surface area contributed by atoms with E-state index in [1.54, 1.807) is 21.5 Å². The summed E-state index contributed by atoms with van der Waals surface area (Å²) in [5, 5.41) is 4.64.